The van der Waals surface area contributed by atoms with Crippen LogP contribution in [0.25, 0.3) is 22.3 Å². The minimum Gasteiger partial charge on any atom is -0.494 e. The number of benzene rings is 2. The second-order valence-corrected chi connectivity index (χ2v) is 7.12. The molecule has 0 radical (unpaired) electrons. The normalized spacial score (nSPS) is 10.9. The van der Waals surface area contributed by atoms with Gasteiger partial charge in [-0.15, -0.1) is 0 Å². The van der Waals surface area contributed by atoms with Crippen molar-refractivity contribution in [3.63, 3.8) is 0 Å². The summed E-state index contributed by atoms with van der Waals surface area (Å²) in [5.74, 6) is 1.06. The zero-order valence-electron chi connectivity index (χ0n) is 17.3. The Labute approximate surface area is 178 Å². The number of fused-ring (bicyclic) bond motifs is 1. The summed E-state index contributed by atoms with van der Waals surface area (Å²) in [7, 11) is 0. The summed E-state index contributed by atoms with van der Waals surface area (Å²) >= 11 is 0. The predicted octanol–water partition coefficient (Wildman–Crippen LogP) is 3.86. The van der Waals surface area contributed by atoms with Crippen molar-refractivity contribution in [2.75, 3.05) is 11.9 Å². The molecule has 4 rings (SSSR count). The van der Waals surface area contributed by atoms with E-state index in [1.54, 1.807) is 30.3 Å². The van der Waals surface area contributed by atoms with Crippen LogP contribution in [0.15, 0.2) is 57.8 Å². The molecule has 2 aromatic heterocycles. The smallest absolute Gasteiger partial charge is 0.259 e. The second-order valence-electron chi connectivity index (χ2n) is 7.12. The van der Waals surface area contributed by atoms with Crippen LogP contribution in [0, 0.1) is 6.92 Å². The van der Waals surface area contributed by atoms with E-state index in [1.165, 1.54) is 0 Å². The molecule has 0 saturated heterocycles. The molecule has 0 aliphatic carbocycles. The number of rotatable bonds is 7. The maximum absolute atomic E-state index is 12.4. The third kappa shape index (κ3) is 4.80. The van der Waals surface area contributed by atoms with Gasteiger partial charge >= 0.3 is 0 Å². The number of aromatic amines is 1. The first-order valence-corrected chi connectivity index (χ1v) is 10.0. The summed E-state index contributed by atoms with van der Waals surface area (Å²) in [6, 6.07) is 14.7. The minimum absolute atomic E-state index is 0.169. The van der Waals surface area contributed by atoms with E-state index in [9.17, 15) is 9.59 Å². The quantitative estimate of drug-likeness (QED) is 0.472. The maximum Gasteiger partial charge on any atom is 0.259 e. The average Bonchev–Trinajstić information content (AvgIpc) is 3.22. The van der Waals surface area contributed by atoms with Crippen LogP contribution in [0.2, 0.25) is 0 Å². The number of carbonyl (C=O) groups excluding carboxylic acids is 1. The molecule has 158 valence electrons. The first kappa shape index (κ1) is 20.3. The van der Waals surface area contributed by atoms with Crippen molar-refractivity contribution >= 4 is 22.5 Å². The van der Waals surface area contributed by atoms with Crippen LogP contribution in [0.4, 0.5) is 5.69 Å². The number of ether oxygens (including phenoxy) is 1. The van der Waals surface area contributed by atoms with Crippen molar-refractivity contribution in [2.24, 2.45) is 0 Å². The Hall–Kier alpha value is -3.94. The molecule has 0 unspecified atom stereocenters. The largest absolute Gasteiger partial charge is 0.494 e. The van der Waals surface area contributed by atoms with E-state index in [0.717, 1.165) is 22.2 Å². The fraction of sp³-hybridized carbons (Fsp3) is 0.217. The fourth-order valence-corrected chi connectivity index (χ4v) is 3.20. The lowest BCUT2D eigenvalue weighted by Gasteiger charge is -2.06. The van der Waals surface area contributed by atoms with Crippen LogP contribution in [0.1, 0.15) is 24.8 Å². The van der Waals surface area contributed by atoms with E-state index in [1.807, 2.05) is 32.0 Å². The van der Waals surface area contributed by atoms with Gasteiger partial charge < -0.3 is 19.6 Å². The number of aromatic nitrogens is 3. The molecular formula is C23H22N4O4. The number of H-pyrrole nitrogens is 1. The SMILES string of the molecule is CCOc1ccc(NC(=O)CCc2nc(-c3cc4cc(C)ccc4[nH]c3=O)no2)cc1. The Morgan fingerprint density at radius 2 is 1.97 bits per heavy atom. The molecule has 0 aliphatic rings. The number of carbonyl (C=O) groups is 1. The predicted molar refractivity (Wildman–Crippen MR) is 117 cm³/mol. The van der Waals surface area contributed by atoms with Crippen molar-refractivity contribution in [1.82, 2.24) is 15.1 Å². The highest BCUT2D eigenvalue weighted by atomic mass is 16.5. The zero-order chi connectivity index (χ0) is 21.8. The van der Waals surface area contributed by atoms with Gasteiger partial charge in [-0.3, -0.25) is 9.59 Å². The van der Waals surface area contributed by atoms with Gasteiger partial charge in [0, 0.05) is 24.0 Å². The van der Waals surface area contributed by atoms with Crippen LogP contribution < -0.4 is 15.6 Å². The standard InChI is InChI=1S/C23H22N4O4/c1-3-30-17-7-5-16(6-8-17)24-20(28)10-11-21-26-22(27-31-21)18-13-15-12-14(2)4-9-19(15)25-23(18)29/h4-9,12-13H,3,10-11H2,1-2H3,(H,24,28)(H,25,29). The Balaban J connectivity index is 1.41. The highest BCUT2D eigenvalue weighted by Gasteiger charge is 2.14. The van der Waals surface area contributed by atoms with E-state index in [4.69, 9.17) is 9.26 Å². The van der Waals surface area contributed by atoms with Gasteiger partial charge in [0.25, 0.3) is 5.56 Å². The molecule has 0 atom stereocenters. The molecule has 2 aromatic carbocycles. The van der Waals surface area contributed by atoms with Gasteiger partial charge in [0.05, 0.1) is 12.2 Å². The Morgan fingerprint density at radius 1 is 1.16 bits per heavy atom. The van der Waals surface area contributed by atoms with Crippen LogP contribution in [-0.4, -0.2) is 27.6 Å². The molecule has 2 heterocycles. The van der Waals surface area contributed by atoms with Crippen molar-refractivity contribution in [2.45, 2.75) is 26.7 Å². The van der Waals surface area contributed by atoms with E-state index in [2.05, 4.69) is 20.4 Å². The van der Waals surface area contributed by atoms with Crippen LogP contribution in [0.3, 0.4) is 0 Å². The van der Waals surface area contributed by atoms with Gasteiger partial charge in [-0.2, -0.15) is 4.98 Å². The van der Waals surface area contributed by atoms with Gasteiger partial charge in [0.15, 0.2) is 0 Å². The van der Waals surface area contributed by atoms with E-state index in [-0.39, 0.29) is 30.1 Å². The lowest BCUT2D eigenvalue weighted by atomic mass is 10.1. The first-order chi connectivity index (χ1) is 15.0. The summed E-state index contributed by atoms with van der Waals surface area (Å²) in [4.78, 5) is 31.7. The van der Waals surface area contributed by atoms with Gasteiger partial charge in [-0.25, -0.2) is 0 Å². The summed E-state index contributed by atoms with van der Waals surface area (Å²) in [6.07, 6.45) is 0.433. The molecule has 2 N–H and O–H groups in total. The number of hydrogen-bond donors (Lipinski definition) is 2. The third-order valence-electron chi connectivity index (χ3n) is 4.72. The lowest BCUT2D eigenvalue weighted by molar-refractivity contribution is -0.116. The monoisotopic (exact) mass is 418 g/mol. The third-order valence-corrected chi connectivity index (χ3v) is 4.72. The van der Waals surface area contributed by atoms with E-state index >= 15 is 0 Å². The number of aryl methyl sites for hydroxylation is 2. The molecule has 0 bridgehead atoms. The molecule has 1 amide bonds. The number of anilines is 1. The molecule has 8 heteroatoms. The molecule has 31 heavy (non-hydrogen) atoms. The van der Waals surface area contributed by atoms with Gasteiger partial charge in [-0.05, 0) is 61.7 Å². The molecule has 0 aliphatic heterocycles. The molecular weight excluding hydrogens is 396 g/mol. The number of amides is 1. The first-order valence-electron chi connectivity index (χ1n) is 10.0. The highest BCUT2D eigenvalue weighted by molar-refractivity contribution is 5.90. The summed E-state index contributed by atoms with van der Waals surface area (Å²) in [5.41, 5.74) is 2.54. The zero-order valence-corrected chi connectivity index (χ0v) is 17.3. The van der Waals surface area contributed by atoms with Crippen LogP contribution >= 0.6 is 0 Å². The number of hydrogen-bond acceptors (Lipinski definition) is 6. The molecule has 4 aromatic rings. The van der Waals surface area contributed by atoms with Crippen molar-refractivity contribution < 1.29 is 14.1 Å². The summed E-state index contributed by atoms with van der Waals surface area (Å²) < 4.78 is 10.6. The Morgan fingerprint density at radius 3 is 2.74 bits per heavy atom. The van der Waals surface area contributed by atoms with Crippen molar-refractivity contribution in [1.29, 1.82) is 0 Å². The second kappa shape index (κ2) is 8.83. The van der Waals surface area contributed by atoms with E-state index in [0.29, 0.717) is 23.7 Å². The average molecular weight is 418 g/mol. The number of nitrogens with one attached hydrogen (secondary N) is 2. The molecule has 0 saturated carbocycles. The van der Waals surface area contributed by atoms with Crippen LogP contribution in [0.5, 0.6) is 5.75 Å². The Kier molecular flexibility index (Phi) is 5.79. The van der Waals surface area contributed by atoms with E-state index < -0.39 is 0 Å². The van der Waals surface area contributed by atoms with Gasteiger partial charge in [0.1, 0.15) is 5.75 Å². The van der Waals surface area contributed by atoms with Gasteiger partial charge in [0.2, 0.25) is 17.6 Å². The maximum atomic E-state index is 12.4. The molecule has 0 fully saturated rings. The number of pyridine rings is 1. The molecule has 0 spiro atoms. The fourth-order valence-electron chi connectivity index (χ4n) is 3.20. The van der Waals surface area contributed by atoms with Crippen molar-refractivity contribution in [3.05, 3.63) is 70.3 Å². The lowest BCUT2D eigenvalue weighted by Crippen LogP contribution is -2.12. The topological polar surface area (TPSA) is 110 Å². The minimum atomic E-state index is -0.294. The van der Waals surface area contributed by atoms with Crippen LogP contribution in [-0.2, 0) is 11.2 Å². The molecule has 8 nitrogen and oxygen atoms in total. The number of nitrogens with zero attached hydrogens (tertiary/aromatic N) is 2. The summed E-state index contributed by atoms with van der Waals surface area (Å²) in [6.45, 7) is 4.48. The highest BCUT2D eigenvalue weighted by Crippen LogP contribution is 2.19. The van der Waals surface area contributed by atoms with Crippen molar-refractivity contribution in [3.8, 4) is 17.1 Å². The Bertz CT molecular complexity index is 1270. The summed E-state index contributed by atoms with van der Waals surface area (Å²) in [5, 5.41) is 7.61. The van der Waals surface area contributed by atoms with Gasteiger partial charge in [-0.1, -0.05) is 16.8 Å².